The van der Waals surface area contributed by atoms with Crippen LogP contribution in [0.4, 0.5) is 8.78 Å². The molecular formula is C29H32F2N4O3. The van der Waals surface area contributed by atoms with Gasteiger partial charge in [-0.05, 0) is 90.1 Å². The van der Waals surface area contributed by atoms with E-state index in [1.165, 1.54) is 48.5 Å². The van der Waals surface area contributed by atoms with Crippen LogP contribution in [0.25, 0.3) is 0 Å². The van der Waals surface area contributed by atoms with E-state index in [-0.39, 0.29) is 17.4 Å². The molecule has 0 saturated carbocycles. The van der Waals surface area contributed by atoms with Crippen LogP contribution < -0.4 is 9.47 Å². The van der Waals surface area contributed by atoms with Crippen molar-refractivity contribution >= 4 is 5.78 Å². The average molecular weight is 523 g/mol. The number of imidazole rings is 2. The van der Waals surface area contributed by atoms with Gasteiger partial charge in [0.1, 0.15) is 28.9 Å². The monoisotopic (exact) mass is 522 g/mol. The van der Waals surface area contributed by atoms with E-state index in [0.717, 1.165) is 11.4 Å². The number of halogens is 2. The van der Waals surface area contributed by atoms with Gasteiger partial charge in [-0.25, -0.2) is 8.78 Å². The largest absolute Gasteiger partial charge is 0.426 e. The number of carbonyl (C=O) groups is 1. The number of hydrogen-bond acceptors (Lipinski definition) is 5. The second-order valence-corrected chi connectivity index (χ2v) is 9.18. The Morgan fingerprint density at radius 3 is 1.39 bits per heavy atom. The van der Waals surface area contributed by atoms with Crippen molar-refractivity contribution in [1.29, 1.82) is 0 Å². The molecule has 4 rings (SSSR count). The summed E-state index contributed by atoms with van der Waals surface area (Å²) in [5, 5.41) is 0. The Bertz CT molecular complexity index is 1320. The quantitative estimate of drug-likeness (QED) is 0.223. The molecule has 4 aromatic rings. The summed E-state index contributed by atoms with van der Waals surface area (Å²) in [5.41, 5.74) is 2.92. The molecule has 7 nitrogen and oxygen atoms in total. The zero-order valence-electron chi connectivity index (χ0n) is 22.5. The first-order chi connectivity index (χ1) is 18.1. The van der Waals surface area contributed by atoms with Crippen molar-refractivity contribution in [1.82, 2.24) is 19.1 Å². The molecule has 9 heteroatoms. The topological polar surface area (TPSA) is 71.2 Å². The molecular weight excluding hydrogens is 490 g/mol. The standard InChI is InChI=1S/C29H32F2N4O3/c1-7-34-25(19(5)32-28(34)37-23-13-9-21(30)10-14-23)17(3)27(36)18(4)26-20(6)33-29(35(26)8-2)38-24-15-11-22(31)12-16-24/h9-18H,7-8H2,1-6H3. The predicted octanol–water partition coefficient (Wildman–Crippen LogP) is 7.08. The lowest BCUT2D eigenvalue weighted by Crippen LogP contribution is -2.22. The SMILES string of the molecule is CCn1c(Oc2ccc(F)cc2)nc(C)c1C(C)C(=O)C(C)c1c(C)nc(Oc2ccc(F)cc2)n1CC. The second kappa shape index (κ2) is 11.2. The first-order valence-electron chi connectivity index (χ1n) is 12.7. The van der Waals surface area contributed by atoms with E-state index in [2.05, 4.69) is 9.97 Å². The summed E-state index contributed by atoms with van der Waals surface area (Å²) in [6, 6.07) is 12.1. The van der Waals surface area contributed by atoms with Crippen LogP contribution in [0.3, 0.4) is 0 Å². The number of hydrogen-bond donors (Lipinski definition) is 0. The van der Waals surface area contributed by atoms with Gasteiger partial charge >= 0.3 is 12.0 Å². The summed E-state index contributed by atoms with van der Waals surface area (Å²) >= 11 is 0. The first kappa shape index (κ1) is 27.0. The van der Waals surface area contributed by atoms with Crippen LogP contribution in [0, 0.1) is 25.5 Å². The van der Waals surface area contributed by atoms with Crippen molar-refractivity contribution in [2.75, 3.05) is 0 Å². The van der Waals surface area contributed by atoms with Crippen molar-refractivity contribution in [3.05, 3.63) is 82.9 Å². The second-order valence-electron chi connectivity index (χ2n) is 9.18. The molecule has 2 heterocycles. The van der Waals surface area contributed by atoms with E-state index >= 15 is 0 Å². The molecule has 2 atom stereocenters. The number of carbonyl (C=O) groups excluding carboxylic acids is 1. The molecule has 38 heavy (non-hydrogen) atoms. The third-order valence-electron chi connectivity index (χ3n) is 6.66. The first-order valence-corrected chi connectivity index (χ1v) is 12.7. The minimum absolute atomic E-state index is 0.00191. The fourth-order valence-electron chi connectivity index (χ4n) is 4.84. The van der Waals surface area contributed by atoms with Gasteiger partial charge < -0.3 is 9.47 Å². The fraction of sp³-hybridized carbons (Fsp3) is 0.345. The molecule has 0 aliphatic heterocycles. The molecule has 0 radical (unpaired) electrons. The maximum atomic E-state index is 13.8. The lowest BCUT2D eigenvalue weighted by Gasteiger charge is -2.21. The highest BCUT2D eigenvalue weighted by Gasteiger charge is 2.32. The summed E-state index contributed by atoms with van der Waals surface area (Å²) < 4.78 is 42.3. The molecule has 0 bridgehead atoms. The number of ketones is 1. The Labute approximate surface area is 221 Å². The summed E-state index contributed by atoms with van der Waals surface area (Å²) in [7, 11) is 0. The van der Waals surface area contributed by atoms with Crippen molar-refractivity contribution in [3.8, 4) is 23.5 Å². The maximum absolute atomic E-state index is 13.8. The molecule has 0 fully saturated rings. The highest BCUT2D eigenvalue weighted by molar-refractivity contribution is 5.91. The number of aryl methyl sites for hydroxylation is 2. The lowest BCUT2D eigenvalue weighted by molar-refractivity contribution is -0.121. The van der Waals surface area contributed by atoms with Gasteiger partial charge in [0.2, 0.25) is 0 Å². The highest BCUT2D eigenvalue weighted by atomic mass is 19.1. The van der Waals surface area contributed by atoms with Crippen LogP contribution in [0.2, 0.25) is 0 Å². The molecule has 2 aromatic carbocycles. The summed E-state index contributed by atoms with van der Waals surface area (Å²) in [6.45, 7) is 12.4. The average Bonchev–Trinajstić information content (AvgIpc) is 3.39. The Morgan fingerprint density at radius 1 is 0.737 bits per heavy atom. The van der Waals surface area contributed by atoms with Crippen LogP contribution >= 0.6 is 0 Å². The van der Waals surface area contributed by atoms with Crippen molar-refractivity contribution in [2.24, 2.45) is 0 Å². The summed E-state index contributed by atoms with van der Waals surface area (Å²) in [5.74, 6) is -0.749. The van der Waals surface area contributed by atoms with Crippen molar-refractivity contribution in [2.45, 2.75) is 66.5 Å². The van der Waals surface area contributed by atoms with Gasteiger partial charge in [0.05, 0.1) is 34.6 Å². The maximum Gasteiger partial charge on any atom is 0.302 e. The van der Waals surface area contributed by atoms with E-state index in [1.54, 1.807) is 0 Å². The number of aromatic nitrogens is 4. The molecule has 0 saturated heterocycles. The molecule has 0 amide bonds. The van der Waals surface area contributed by atoms with Crippen LogP contribution in [0.15, 0.2) is 48.5 Å². The summed E-state index contributed by atoms with van der Waals surface area (Å²) in [6.07, 6.45) is 0. The predicted molar refractivity (Wildman–Crippen MR) is 140 cm³/mol. The molecule has 2 unspecified atom stereocenters. The van der Waals surface area contributed by atoms with Crippen molar-refractivity contribution in [3.63, 3.8) is 0 Å². The van der Waals surface area contributed by atoms with E-state index in [1.807, 2.05) is 50.7 Å². The Balaban J connectivity index is 1.62. The van der Waals surface area contributed by atoms with Crippen LogP contribution in [-0.4, -0.2) is 24.9 Å². The van der Waals surface area contributed by atoms with Gasteiger partial charge in [-0.1, -0.05) is 0 Å². The fourth-order valence-corrected chi connectivity index (χ4v) is 4.84. The van der Waals surface area contributed by atoms with Crippen LogP contribution in [0.1, 0.15) is 62.3 Å². The van der Waals surface area contributed by atoms with Gasteiger partial charge in [0.15, 0.2) is 0 Å². The molecule has 200 valence electrons. The Morgan fingerprint density at radius 2 is 1.08 bits per heavy atom. The smallest absolute Gasteiger partial charge is 0.302 e. The third kappa shape index (κ3) is 5.32. The van der Waals surface area contributed by atoms with E-state index in [4.69, 9.17) is 9.47 Å². The Hall–Kier alpha value is -4.01. The van der Waals surface area contributed by atoms with Crippen LogP contribution in [-0.2, 0) is 17.9 Å². The molecule has 2 aromatic heterocycles. The van der Waals surface area contributed by atoms with Gasteiger partial charge in [0.25, 0.3) is 0 Å². The highest BCUT2D eigenvalue weighted by Crippen LogP contribution is 2.35. The molecule has 0 aliphatic rings. The number of rotatable bonds is 10. The number of nitrogens with zero attached hydrogens (tertiary/aromatic N) is 4. The molecule has 0 spiro atoms. The van der Waals surface area contributed by atoms with E-state index in [9.17, 15) is 13.6 Å². The minimum Gasteiger partial charge on any atom is -0.426 e. The van der Waals surface area contributed by atoms with Gasteiger partial charge in [0, 0.05) is 13.1 Å². The van der Waals surface area contributed by atoms with Gasteiger partial charge in [-0.2, -0.15) is 9.97 Å². The van der Waals surface area contributed by atoms with Crippen LogP contribution in [0.5, 0.6) is 23.5 Å². The zero-order chi connectivity index (χ0) is 27.6. The van der Waals surface area contributed by atoms with Gasteiger partial charge in [-0.15, -0.1) is 0 Å². The Kier molecular flexibility index (Phi) is 7.94. The number of ether oxygens (including phenoxy) is 2. The summed E-state index contributed by atoms with van der Waals surface area (Å²) in [4.78, 5) is 23.0. The molecule has 0 N–H and O–H groups in total. The third-order valence-corrected chi connectivity index (χ3v) is 6.66. The molecule has 0 aliphatic carbocycles. The number of benzene rings is 2. The normalized spacial score (nSPS) is 12.8. The van der Waals surface area contributed by atoms with Gasteiger partial charge in [-0.3, -0.25) is 13.9 Å². The zero-order valence-corrected chi connectivity index (χ0v) is 22.5. The van der Waals surface area contributed by atoms with E-state index < -0.39 is 11.8 Å². The van der Waals surface area contributed by atoms with Crippen molar-refractivity contribution < 1.29 is 23.0 Å². The van der Waals surface area contributed by atoms with E-state index in [0.29, 0.717) is 48.0 Å². The minimum atomic E-state index is -0.482. The lowest BCUT2D eigenvalue weighted by atomic mass is 9.89. The number of Topliss-reactive ketones (excluding diaryl/α,β-unsaturated/α-hetero) is 1.